The van der Waals surface area contributed by atoms with Gasteiger partial charge in [0.25, 0.3) is 0 Å². The van der Waals surface area contributed by atoms with Crippen LogP contribution in [-0.2, 0) is 12.8 Å². The van der Waals surface area contributed by atoms with Gasteiger partial charge in [-0.3, -0.25) is 4.79 Å². The normalized spacial score (nSPS) is 11.7. The SMILES string of the molecule is CCCCN(CCCC)CCCc1cc2c(c(CCCN(CCCC)CCCC)c1C(=O)[O-])C(=O)c1cc(C(=O)[O-])ccc1-2.Cl.Cl. The van der Waals surface area contributed by atoms with Gasteiger partial charge in [0.15, 0.2) is 5.78 Å². The van der Waals surface area contributed by atoms with Crippen molar-refractivity contribution in [3.05, 3.63) is 57.6 Å². The van der Waals surface area contributed by atoms with Crippen LogP contribution >= 0.6 is 24.8 Å². The van der Waals surface area contributed by atoms with Crippen LogP contribution in [-0.4, -0.2) is 66.8 Å². The number of benzene rings is 2. The molecule has 9 heteroatoms. The first-order valence-corrected chi connectivity index (χ1v) is 17.0. The fourth-order valence-electron chi connectivity index (χ4n) is 6.37. The molecule has 0 saturated heterocycles. The van der Waals surface area contributed by atoms with Crippen molar-refractivity contribution < 1.29 is 24.6 Å². The number of hydrogen-bond acceptors (Lipinski definition) is 7. The summed E-state index contributed by atoms with van der Waals surface area (Å²) in [6, 6.07) is 6.33. The van der Waals surface area contributed by atoms with Gasteiger partial charge in [-0.15, -0.1) is 24.8 Å². The van der Waals surface area contributed by atoms with Crippen molar-refractivity contribution in [3.63, 3.8) is 0 Å². The lowest BCUT2D eigenvalue weighted by Crippen LogP contribution is -2.30. The molecule has 258 valence electrons. The first kappa shape index (κ1) is 41.6. The molecule has 1 aliphatic rings. The number of carboxylic acid groups (broad SMARTS) is 2. The van der Waals surface area contributed by atoms with Crippen molar-refractivity contribution in [2.75, 3.05) is 39.3 Å². The topological polar surface area (TPSA) is 104 Å². The highest BCUT2D eigenvalue weighted by Gasteiger charge is 2.32. The summed E-state index contributed by atoms with van der Waals surface area (Å²) >= 11 is 0. The molecule has 0 N–H and O–H groups in total. The lowest BCUT2D eigenvalue weighted by atomic mass is 9.87. The summed E-state index contributed by atoms with van der Waals surface area (Å²) in [5, 5.41) is 24.4. The van der Waals surface area contributed by atoms with E-state index in [-0.39, 0.29) is 41.7 Å². The number of aryl methyl sites for hydroxylation is 1. The summed E-state index contributed by atoms with van der Waals surface area (Å²) in [6.45, 7) is 14.5. The molecule has 0 amide bonds. The molecule has 2 aromatic rings. The van der Waals surface area contributed by atoms with E-state index in [1.807, 2.05) is 6.07 Å². The number of unbranched alkanes of at least 4 members (excludes halogenated alkanes) is 4. The number of nitrogens with zero attached hydrogens (tertiary/aromatic N) is 2. The summed E-state index contributed by atoms with van der Waals surface area (Å²) < 4.78 is 0. The van der Waals surface area contributed by atoms with Gasteiger partial charge >= 0.3 is 0 Å². The Balaban J connectivity index is 0.00000529. The first-order valence-electron chi connectivity index (χ1n) is 17.0. The lowest BCUT2D eigenvalue weighted by molar-refractivity contribution is -0.256. The minimum Gasteiger partial charge on any atom is -0.545 e. The minimum absolute atomic E-state index is 0. The van der Waals surface area contributed by atoms with Crippen LogP contribution in [0.3, 0.4) is 0 Å². The zero-order valence-electron chi connectivity index (χ0n) is 28.3. The Morgan fingerprint density at radius 3 is 1.54 bits per heavy atom. The smallest absolute Gasteiger partial charge is 0.194 e. The van der Waals surface area contributed by atoms with E-state index in [0.717, 1.165) is 103 Å². The molecule has 0 saturated carbocycles. The Morgan fingerprint density at radius 2 is 1.09 bits per heavy atom. The number of carbonyl (C=O) groups is 3. The number of halogens is 2. The van der Waals surface area contributed by atoms with Gasteiger partial charge in [-0.1, -0.05) is 65.5 Å². The molecule has 1 aliphatic carbocycles. The first-order chi connectivity index (χ1) is 21.3. The Hall–Kier alpha value is -2.45. The fourth-order valence-corrected chi connectivity index (χ4v) is 6.37. The third kappa shape index (κ3) is 11.1. The van der Waals surface area contributed by atoms with Crippen molar-refractivity contribution in [1.82, 2.24) is 9.80 Å². The van der Waals surface area contributed by atoms with Gasteiger partial charge in [-0.2, -0.15) is 0 Å². The predicted octanol–water partition coefficient (Wildman–Crippen LogP) is 6.14. The maximum atomic E-state index is 13.8. The minimum atomic E-state index is -1.34. The molecule has 2 aromatic carbocycles. The summed E-state index contributed by atoms with van der Waals surface area (Å²) in [6.07, 6.45) is 11.5. The Bertz CT molecular complexity index is 1270. The zero-order chi connectivity index (χ0) is 32.1. The maximum Gasteiger partial charge on any atom is 0.194 e. The number of rotatable bonds is 22. The molecule has 0 unspecified atom stereocenters. The summed E-state index contributed by atoms with van der Waals surface area (Å²) in [4.78, 5) is 43.1. The van der Waals surface area contributed by atoms with Gasteiger partial charge in [0.05, 0.1) is 11.9 Å². The average molecular weight is 678 g/mol. The van der Waals surface area contributed by atoms with Gasteiger partial charge < -0.3 is 29.6 Å². The van der Waals surface area contributed by atoms with E-state index in [4.69, 9.17) is 0 Å². The molecule has 7 nitrogen and oxygen atoms in total. The van der Waals surface area contributed by atoms with Crippen molar-refractivity contribution in [2.24, 2.45) is 0 Å². The molecular formula is C37H54Cl2N2O5-2. The van der Waals surface area contributed by atoms with E-state index in [0.29, 0.717) is 46.2 Å². The van der Waals surface area contributed by atoms with Crippen LogP contribution in [0.2, 0.25) is 0 Å². The number of carbonyl (C=O) groups excluding carboxylic acids is 3. The molecule has 0 heterocycles. The Kier molecular flexibility index (Phi) is 19.4. The van der Waals surface area contributed by atoms with Gasteiger partial charge in [0, 0.05) is 16.7 Å². The highest BCUT2D eigenvalue weighted by Crippen LogP contribution is 2.42. The van der Waals surface area contributed by atoms with Crippen LogP contribution in [0.25, 0.3) is 11.1 Å². The monoisotopic (exact) mass is 676 g/mol. The second-order valence-corrected chi connectivity index (χ2v) is 12.3. The van der Waals surface area contributed by atoms with Crippen LogP contribution in [0.1, 0.15) is 140 Å². The third-order valence-corrected chi connectivity index (χ3v) is 8.87. The molecule has 0 atom stereocenters. The Morgan fingerprint density at radius 1 is 0.609 bits per heavy atom. The lowest BCUT2D eigenvalue weighted by Gasteiger charge is -2.24. The number of ketones is 1. The third-order valence-electron chi connectivity index (χ3n) is 8.87. The van der Waals surface area contributed by atoms with E-state index in [2.05, 4.69) is 37.5 Å². The van der Waals surface area contributed by atoms with Gasteiger partial charge in [0.2, 0.25) is 0 Å². The van der Waals surface area contributed by atoms with Crippen molar-refractivity contribution in [1.29, 1.82) is 0 Å². The molecule has 0 bridgehead atoms. The van der Waals surface area contributed by atoms with E-state index in [9.17, 15) is 24.6 Å². The summed E-state index contributed by atoms with van der Waals surface area (Å²) in [5.74, 6) is -2.91. The molecule has 46 heavy (non-hydrogen) atoms. The zero-order valence-corrected chi connectivity index (χ0v) is 29.9. The number of hydrogen-bond donors (Lipinski definition) is 0. The molecule has 0 spiro atoms. The second-order valence-electron chi connectivity index (χ2n) is 12.3. The predicted molar refractivity (Wildman–Crippen MR) is 188 cm³/mol. The molecular weight excluding hydrogens is 623 g/mol. The second kappa shape index (κ2) is 21.4. The van der Waals surface area contributed by atoms with Gasteiger partial charge in [0.1, 0.15) is 0 Å². The molecule has 0 fully saturated rings. The molecule has 0 aliphatic heterocycles. The average Bonchev–Trinajstić information content (AvgIpc) is 3.29. The summed E-state index contributed by atoms with van der Waals surface area (Å²) in [5.41, 5.74) is 3.36. The van der Waals surface area contributed by atoms with Crippen molar-refractivity contribution in [3.8, 4) is 11.1 Å². The van der Waals surface area contributed by atoms with E-state index < -0.39 is 11.9 Å². The van der Waals surface area contributed by atoms with Crippen molar-refractivity contribution in [2.45, 2.75) is 105 Å². The van der Waals surface area contributed by atoms with E-state index in [1.54, 1.807) is 6.07 Å². The van der Waals surface area contributed by atoms with E-state index in [1.165, 1.54) is 12.1 Å². The van der Waals surface area contributed by atoms with E-state index >= 15 is 0 Å². The van der Waals surface area contributed by atoms with Gasteiger partial charge in [-0.25, -0.2) is 0 Å². The fraction of sp³-hybridized carbons (Fsp3) is 0.595. The molecule has 0 aromatic heterocycles. The highest BCUT2D eigenvalue weighted by molar-refractivity contribution is 6.24. The quantitative estimate of drug-likeness (QED) is 0.126. The van der Waals surface area contributed by atoms with Crippen LogP contribution in [0.4, 0.5) is 0 Å². The number of aromatic carboxylic acids is 2. The van der Waals surface area contributed by atoms with Crippen molar-refractivity contribution >= 4 is 42.5 Å². The van der Waals surface area contributed by atoms with Gasteiger partial charge in [-0.05, 0) is 131 Å². The molecule has 0 radical (unpaired) electrons. The maximum absolute atomic E-state index is 13.8. The number of fused-ring (bicyclic) bond motifs is 3. The summed E-state index contributed by atoms with van der Waals surface area (Å²) in [7, 11) is 0. The highest BCUT2D eigenvalue weighted by atomic mass is 35.5. The number of carboxylic acids is 2. The van der Waals surface area contributed by atoms with Crippen LogP contribution in [0.5, 0.6) is 0 Å². The standard InChI is InChI=1S/C37H54N2O5.2ClH/c1-5-9-19-38(20-10-6-2)23-13-15-27-25-31-29-18-17-28(36(41)42)26-32(29)35(40)34(31)30(33(27)37(43)44)16-14-24-39(21-11-7-3)22-12-8-4;;/h17-18,25-26H,5-16,19-24H2,1-4H3,(H,41,42)(H,43,44);2*1H/p-2. The molecule has 3 rings (SSSR count). The Labute approximate surface area is 289 Å². The van der Waals surface area contributed by atoms with Crippen LogP contribution < -0.4 is 10.2 Å². The van der Waals surface area contributed by atoms with Crippen LogP contribution in [0.15, 0.2) is 24.3 Å². The van der Waals surface area contributed by atoms with Crippen LogP contribution in [0, 0.1) is 0 Å². The largest absolute Gasteiger partial charge is 0.545 e.